The van der Waals surface area contributed by atoms with Crippen molar-refractivity contribution in [3.8, 4) is 5.88 Å². The maximum atomic E-state index is 5.34. The zero-order valence-electron chi connectivity index (χ0n) is 9.37. The number of hydrogen-bond acceptors (Lipinski definition) is 2. The van der Waals surface area contributed by atoms with Gasteiger partial charge in [0.25, 0.3) is 0 Å². The van der Waals surface area contributed by atoms with E-state index in [9.17, 15) is 0 Å². The molecule has 0 amide bonds. The molecular formula is C13H15NO. The van der Waals surface area contributed by atoms with Gasteiger partial charge in [0.15, 0.2) is 0 Å². The topological polar surface area (TPSA) is 22.1 Å². The Labute approximate surface area is 89.9 Å². The van der Waals surface area contributed by atoms with E-state index in [1.54, 1.807) is 7.11 Å². The molecule has 0 aliphatic heterocycles. The molecule has 78 valence electrons. The van der Waals surface area contributed by atoms with Crippen LogP contribution in [0.15, 0.2) is 24.3 Å². The SMILES string of the molecule is CCc1cccc2cc(C)nc(OC)c12. The number of pyridine rings is 1. The molecule has 0 saturated heterocycles. The first-order chi connectivity index (χ1) is 7.26. The maximum Gasteiger partial charge on any atom is 0.221 e. The van der Waals surface area contributed by atoms with Gasteiger partial charge in [0.1, 0.15) is 0 Å². The molecule has 0 atom stereocenters. The molecule has 2 heteroatoms. The standard InChI is InChI=1S/C13H15NO/c1-4-10-6-5-7-11-8-9(2)14-13(15-3)12(10)11/h5-8H,4H2,1-3H3. The van der Waals surface area contributed by atoms with Gasteiger partial charge in [-0.25, -0.2) is 4.98 Å². The van der Waals surface area contributed by atoms with E-state index in [0.29, 0.717) is 0 Å². The predicted octanol–water partition coefficient (Wildman–Crippen LogP) is 3.11. The van der Waals surface area contributed by atoms with Crippen molar-refractivity contribution in [2.45, 2.75) is 20.3 Å². The van der Waals surface area contributed by atoms with Crippen LogP contribution >= 0.6 is 0 Å². The van der Waals surface area contributed by atoms with E-state index >= 15 is 0 Å². The third-order valence-electron chi connectivity index (χ3n) is 2.61. The van der Waals surface area contributed by atoms with Crippen molar-refractivity contribution in [1.29, 1.82) is 0 Å². The van der Waals surface area contributed by atoms with E-state index in [1.807, 2.05) is 6.92 Å². The van der Waals surface area contributed by atoms with E-state index in [4.69, 9.17) is 4.74 Å². The number of nitrogens with zero attached hydrogens (tertiary/aromatic N) is 1. The first kappa shape index (κ1) is 9.97. The number of fused-ring (bicyclic) bond motifs is 1. The van der Waals surface area contributed by atoms with Gasteiger partial charge in [0, 0.05) is 11.1 Å². The molecule has 0 aliphatic carbocycles. The normalized spacial score (nSPS) is 10.6. The second kappa shape index (κ2) is 3.89. The maximum absolute atomic E-state index is 5.34. The van der Waals surface area contributed by atoms with Crippen molar-refractivity contribution in [3.63, 3.8) is 0 Å². The number of hydrogen-bond donors (Lipinski definition) is 0. The highest BCUT2D eigenvalue weighted by atomic mass is 16.5. The molecule has 0 bridgehead atoms. The van der Waals surface area contributed by atoms with Gasteiger partial charge < -0.3 is 4.74 Å². The summed E-state index contributed by atoms with van der Waals surface area (Å²) in [6.45, 7) is 4.13. The van der Waals surface area contributed by atoms with E-state index in [0.717, 1.165) is 23.4 Å². The second-order valence-electron chi connectivity index (χ2n) is 3.64. The van der Waals surface area contributed by atoms with Crippen LogP contribution < -0.4 is 4.74 Å². The molecule has 1 aromatic heterocycles. The van der Waals surface area contributed by atoms with Gasteiger partial charge in [0.05, 0.1) is 7.11 Å². The van der Waals surface area contributed by atoms with Crippen LogP contribution in [-0.4, -0.2) is 12.1 Å². The fraction of sp³-hybridized carbons (Fsp3) is 0.308. The molecule has 0 spiro atoms. The van der Waals surface area contributed by atoms with Crippen LogP contribution in [-0.2, 0) is 6.42 Å². The highest BCUT2D eigenvalue weighted by Crippen LogP contribution is 2.28. The summed E-state index contributed by atoms with van der Waals surface area (Å²) in [5, 5.41) is 2.35. The molecule has 0 fully saturated rings. The Kier molecular flexibility index (Phi) is 2.58. The van der Waals surface area contributed by atoms with Crippen LogP contribution in [0.1, 0.15) is 18.2 Å². The Hall–Kier alpha value is -1.57. The van der Waals surface area contributed by atoms with E-state index in [-0.39, 0.29) is 0 Å². The zero-order valence-corrected chi connectivity index (χ0v) is 9.37. The number of aryl methyl sites for hydroxylation is 2. The average molecular weight is 201 g/mol. The molecule has 0 unspecified atom stereocenters. The van der Waals surface area contributed by atoms with Gasteiger partial charge in [-0.3, -0.25) is 0 Å². The van der Waals surface area contributed by atoms with Gasteiger partial charge in [0.2, 0.25) is 5.88 Å². The highest BCUT2D eigenvalue weighted by molar-refractivity contribution is 5.90. The van der Waals surface area contributed by atoms with Crippen molar-refractivity contribution in [1.82, 2.24) is 4.98 Å². The summed E-state index contributed by atoms with van der Waals surface area (Å²) in [4.78, 5) is 4.41. The molecular weight excluding hydrogens is 186 g/mol. The minimum Gasteiger partial charge on any atom is -0.481 e. The first-order valence-electron chi connectivity index (χ1n) is 5.19. The molecule has 2 nitrogen and oxygen atoms in total. The monoisotopic (exact) mass is 201 g/mol. The Morgan fingerprint density at radius 1 is 1.33 bits per heavy atom. The third kappa shape index (κ3) is 1.67. The number of methoxy groups -OCH3 is 1. The van der Waals surface area contributed by atoms with E-state index in [2.05, 4.69) is 36.2 Å². The Morgan fingerprint density at radius 2 is 2.13 bits per heavy atom. The minimum absolute atomic E-state index is 0.738. The molecule has 1 aromatic carbocycles. The smallest absolute Gasteiger partial charge is 0.221 e. The molecule has 1 heterocycles. The van der Waals surface area contributed by atoms with Gasteiger partial charge in [-0.15, -0.1) is 0 Å². The van der Waals surface area contributed by atoms with Crippen LogP contribution in [0.4, 0.5) is 0 Å². The average Bonchev–Trinajstić information content (AvgIpc) is 2.26. The van der Waals surface area contributed by atoms with Crippen LogP contribution in [0.3, 0.4) is 0 Å². The molecule has 0 radical (unpaired) electrons. The number of ether oxygens (including phenoxy) is 1. The van der Waals surface area contributed by atoms with E-state index in [1.165, 1.54) is 10.9 Å². The van der Waals surface area contributed by atoms with Crippen molar-refractivity contribution >= 4 is 10.8 Å². The summed E-state index contributed by atoms with van der Waals surface area (Å²) in [7, 11) is 1.67. The van der Waals surface area contributed by atoms with Crippen molar-refractivity contribution < 1.29 is 4.74 Å². The van der Waals surface area contributed by atoms with Gasteiger partial charge in [-0.2, -0.15) is 0 Å². The fourth-order valence-corrected chi connectivity index (χ4v) is 1.92. The Balaban J connectivity index is 2.84. The number of aromatic nitrogens is 1. The predicted molar refractivity (Wildman–Crippen MR) is 62.4 cm³/mol. The summed E-state index contributed by atoms with van der Waals surface area (Å²) in [5.74, 6) is 0.738. The molecule has 2 aromatic rings. The van der Waals surface area contributed by atoms with Crippen LogP contribution in [0.25, 0.3) is 10.8 Å². The molecule has 2 rings (SSSR count). The number of benzene rings is 1. The second-order valence-corrected chi connectivity index (χ2v) is 3.64. The quantitative estimate of drug-likeness (QED) is 0.744. The molecule has 15 heavy (non-hydrogen) atoms. The zero-order chi connectivity index (χ0) is 10.8. The summed E-state index contributed by atoms with van der Waals surface area (Å²) in [5.41, 5.74) is 2.28. The molecule has 0 aliphatic rings. The van der Waals surface area contributed by atoms with Gasteiger partial charge in [-0.05, 0) is 30.4 Å². The highest BCUT2D eigenvalue weighted by Gasteiger charge is 2.07. The van der Waals surface area contributed by atoms with Crippen LogP contribution in [0.2, 0.25) is 0 Å². The summed E-state index contributed by atoms with van der Waals surface area (Å²) in [6, 6.07) is 8.41. The lowest BCUT2D eigenvalue weighted by atomic mass is 10.0. The molecule has 0 saturated carbocycles. The fourth-order valence-electron chi connectivity index (χ4n) is 1.92. The summed E-state index contributed by atoms with van der Waals surface area (Å²) in [6.07, 6.45) is 0.998. The Bertz CT molecular complexity index is 491. The summed E-state index contributed by atoms with van der Waals surface area (Å²) < 4.78 is 5.34. The van der Waals surface area contributed by atoms with Gasteiger partial charge >= 0.3 is 0 Å². The van der Waals surface area contributed by atoms with Crippen molar-refractivity contribution in [3.05, 3.63) is 35.5 Å². The first-order valence-corrected chi connectivity index (χ1v) is 5.19. The lowest BCUT2D eigenvalue weighted by molar-refractivity contribution is 0.402. The van der Waals surface area contributed by atoms with E-state index < -0.39 is 0 Å². The minimum atomic E-state index is 0.738. The number of rotatable bonds is 2. The Morgan fingerprint density at radius 3 is 2.80 bits per heavy atom. The molecule has 0 N–H and O–H groups in total. The largest absolute Gasteiger partial charge is 0.481 e. The lowest BCUT2D eigenvalue weighted by Crippen LogP contribution is -1.94. The lowest BCUT2D eigenvalue weighted by Gasteiger charge is -2.09. The summed E-state index contributed by atoms with van der Waals surface area (Å²) >= 11 is 0. The van der Waals surface area contributed by atoms with Crippen LogP contribution in [0, 0.1) is 6.92 Å². The van der Waals surface area contributed by atoms with Crippen molar-refractivity contribution in [2.24, 2.45) is 0 Å². The van der Waals surface area contributed by atoms with Crippen LogP contribution in [0.5, 0.6) is 5.88 Å². The van der Waals surface area contributed by atoms with Crippen molar-refractivity contribution in [2.75, 3.05) is 7.11 Å². The van der Waals surface area contributed by atoms with Gasteiger partial charge in [-0.1, -0.05) is 25.1 Å². The third-order valence-corrected chi connectivity index (χ3v) is 2.61.